The number of nitrogens with one attached hydrogen (secondary N) is 1. The van der Waals surface area contributed by atoms with Gasteiger partial charge in [0.05, 0.1) is 18.5 Å². The van der Waals surface area contributed by atoms with E-state index in [1.807, 2.05) is 32.0 Å². The zero-order valence-electron chi connectivity index (χ0n) is 18.1. The topological polar surface area (TPSA) is 75.7 Å². The molecule has 0 aliphatic rings. The number of ether oxygens (including phenoxy) is 1. The van der Waals surface area contributed by atoms with Crippen LogP contribution in [-0.4, -0.2) is 27.2 Å². The van der Waals surface area contributed by atoms with Gasteiger partial charge in [-0.2, -0.15) is 0 Å². The first-order valence-corrected chi connectivity index (χ1v) is 11.8. The van der Waals surface area contributed by atoms with Crippen LogP contribution < -0.4 is 14.4 Å². The Morgan fingerprint density at radius 1 is 0.969 bits per heavy atom. The number of rotatable bonds is 8. The van der Waals surface area contributed by atoms with Crippen LogP contribution in [0.3, 0.4) is 0 Å². The fourth-order valence-corrected chi connectivity index (χ4v) is 3.92. The Bertz CT molecular complexity index is 1190. The Labute approximate surface area is 187 Å². The van der Waals surface area contributed by atoms with E-state index in [1.165, 1.54) is 16.4 Å². The lowest BCUT2D eigenvalue weighted by molar-refractivity contribution is -0.118. The Hall–Kier alpha value is -3.39. The number of aryl methyl sites for hydroxylation is 2. The Morgan fingerprint density at radius 3 is 2.22 bits per heavy atom. The van der Waals surface area contributed by atoms with Gasteiger partial charge in [-0.1, -0.05) is 18.2 Å². The third-order valence-corrected chi connectivity index (χ3v) is 6.07. The molecule has 6 nitrogen and oxygen atoms in total. The molecule has 0 fully saturated rings. The van der Waals surface area contributed by atoms with E-state index in [-0.39, 0.29) is 24.9 Å². The number of benzene rings is 3. The van der Waals surface area contributed by atoms with E-state index in [1.54, 1.807) is 36.4 Å². The molecule has 0 bridgehead atoms. The summed E-state index contributed by atoms with van der Waals surface area (Å²) in [6.07, 6.45) is 1.11. The van der Waals surface area contributed by atoms with Gasteiger partial charge in [0.25, 0.3) is 5.91 Å². The average Bonchev–Trinajstić information content (AvgIpc) is 2.74. The van der Waals surface area contributed by atoms with Crippen molar-refractivity contribution in [2.24, 2.45) is 0 Å². The fraction of sp³-hybridized carbons (Fsp3) is 0.208. The highest BCUT2D eigenvalue weighted by atomic mass is 32.2. The number of hydrogen-bond acceptors (Lipinski definition) is 4. The quantitative estimate of drug-likeness (QED) is 0.544. The Morgan fingerprint density at radius 2 is 1.62 bits per heavy atom. The van der Waals surface area contributed by atoms with Gasteiger partial charge >= 0.3 is 0 Å². The summed E-state index contributed by atoms with van der Waals surface area (Å²) in [4.78, 5) is 12.2. The van der Waals surface area contributed by atoms with Gasteiger partial charge in [-0.3, -0.25) is 9.10 Å². The maximum atomic E-state index is 13.1. The molecular formula is C24H25FN2O4S. The molecule has 0 saturated heterocycles. The van der Waals surface area contributed by atoms with Gasteiger partial charge in [-0.25, -0.2) is 12.8 Å². The number of sulfonamides is 1. The van der Waals surface area contributed by atoms with Crippen LogP contribution in [0.4, 0.5) is 15.8 Å². The summed E-state index contributed by atoms with van der Waals surface area (Å²) >= 11 is 0. The lowest BCUT2D eigenvalue weighted by Crippen LogP contribution is -2.29. The highest BCUT2D eigenvalue weighted by Crippen LogP contribution is 2.24. The zero-order chi connectivity index (χ0) is 23.3. The molecule has 1 N–H and O–H groups in total. The second-order valence-corrected chi connectivity index (χ2v) is 9.43. The molecule has 0 heterocycles. The molecule has 0 unspecified atom stereocenters. The van der Waals surface area contributed by atoms with E-state index in [2.05, 4.69) is 5.32 Å². The highest BCUT2D eigenvalue weighted by molar-refractivity contribution is 7.92. The van der Waals surface area contributed by atoms with Crippen molar-refractivity contribution in [3.8, 4) is 5.75 Å². The minimum Gasteiger partial charge on any atom is -0.484 e. The Kier molecular flexibility index (Phi) is 7.15. The predicted octanol–water partition coefficient (Wildman–Crippen LogP) is 4.43. The van der Waals surface area contributed by atoms with E-state index in [0.717, 1.165) is 17.4 Å². The monoisotopic (exact) mass is 456 g/mol. The predicted molar refractivity (Wildman–Crippen MR) is 124 cm³/mol. The van der Waals surface area contributed by atoms with Crippen molar-refractivity contribution in [3.63, 3.8) is 0 Å². The average molecular weight is 457 g/mol. The SMILES string of the molecule is Cc1ccc(NC(=O)COc2ccc(N(Cc3ccc(F)cc3)S(C)(=O)=O)cc2)cc1C. The summed E-state index contributed by atoms with van der Waals surface area (Å²) < 4.78 is 44.5. The first kappa shape index (κ1) is 23.3. The molecule has 0 radical (unpaired) electrons. The maximum Gasteiger partial charge on any atom is 0.262 e. The molecular weight excluding hydrogens is 431 g/mol. The van der Waals surface area contributed by atoms with Gasteiger partial charge in [0, 0.05) is 5.69 Å². The normalized spacial score (nSPS) is 11.1. The van der Waals surface area contributed by atoms with E-state index >= 15 is 0 Å². The molecule has 0 atom stereocenters. The number of amides is 1. The van der Waals surface area contributed by atoms with E-state index in [0.29, 0.717) is 22.7 Å². The van der Waals surface area contributed by atoms with Gasteiger partial charge in [0.15, 0.2) is 6.61 Å². The first-order valence-electron chi connectivity index (χ1n) is 9.94. The van der Waals surface area contributed by atoms with Crippen LogP contribution in [0, 0.1) is 19.7 Å². The molecule has 3 aromatic carbocycles. The number of nitrogens with zero attached hydrogens (tertiary/aromatic N) is 1. The van der Waals surface area contributed by atoms with Gasteiger partial charge in [0.1, 0.15) is 11.6 Å². The van der Waals surface area contributed by atoms with Crippen molar-refractivity contribution >= 4 is 27.3 Å². The standard InChI is InChI=1S/C24H25FN2O4S/c1-17-4-9-21(14-18(17)2)26-24(28)16-31-23-12-10-22(11-13-23)27(32(3,29)30)15-19-5-7-20(25)8-6-19/h4-14H,15-16H2,1-3H3,(H,26,28). The van der Waals surface area contributed by atoms with Crippen molar-refractivity contribution in [1.29, 1.82) is 0 Å². The highest BCUT2D eigenvalue weighted by Gasteiger charge is 2.18. The summed E-state index contributed by atoms with van der Waals surface area (Å²) in [7, 11) is -3.57. The second-order valence-electron chi connectivity index (χ2n) is 7.53. The Balaban J connectivity index is 1.63. The fourth-order valence-electron chi connectivity index (χ4n) is 3.03. The molecule has 1 amide bonds. The number of carbonyl (C=O) groups is 1. The molecule has 0 spiro atoms. The van der Waals surface area contributed by atoms with Crippen LogP contribution in [0.15, 0.2) is 66.7 Å². The van der Waals surface area contributed by atoms with Gasteiger partial charge in [0.2, 0.25) is 10.0 Å². The molecule has 3 aromatic rings. The van der Waals surface area contributed by atoms with Crippen LogP contribution in [-0.2, 0) is 21.4 Å². The van der Waals surface area contributed by atoms with Gasteiger partial charge in [-0.15, -0.1) is 0 Å². The van der Waals surface area contributed by atoms with Crippen LogP contribution in [0.2, 0.25) is 0 Å². The second kappa shape index (κ2) is 9.82. The summed E-state index contributed by atoms with van der Waals surface area (Å²) in [6, 6.07) is 17.7. The maximum absolute atomic E-state index is 13.1. The van der Waals surface area contributed by atoms with E-state index in [4.69, 9.17) is 4.74 Å². The van der Waals surface area contributed by atoms with Gasteiger partial charge in [-0.05, 0) is 79.1 Å². The van der Waals surface area contributed by atoms with Crippen molar-refractivity contribution in [2.45, 2.75) is 20.4 Å². The summed E-state index contributed by atoms with van der Waals surface area (Å²) in [5.74, 6) is -0.256. The molecule has 3 rings (SSSR count). The summed E-state index contributed by atoms with van der Waals surface area (Å²) in [5, 5.41) is 2.78. The van der Waals surface area contributed by atoms with E-state index < -0.39 is 10.0 Å². The van der Waals surface area contributed by atoms with Crippen LogP contribution in [0.5, 0.6) is 5.75 Å². The number of halogens is 1. The largest absolute Gasteiger partial charge is 0.484 e. The number of hydrogen-bond donors (Lipinski definition) is 1. The first-order chi connectivity index (χ1) is 15.1. The zero-order valence-corrected chi connectivity index (χ0v) is 18.9. The lowest BCUT2D eigenvalue weighted by Gasteiger charge is -2.22. The van der Waals surface area contributed by atoms with Crippen molar-refractivity contribution in [2.75, 3.05) is 22.5 Å². The third kappa shape index (κ3) is 6.31. The number of carbonyl (C=O) groups excluding carboxylic acids is 1. The van der Waals surface area contributed by atoms with E-state index in [9.17, 15) is 17.6 Å². The minimum atomic E-state index is -3.57. The van der Waals surface area contributed by atoms with Crippen molar-refractivity contribution in [1.82, 2.24) is 0 Å². The van der Waals surface area contributed by atoms with Crippen LogP contribution >= 0.6 is 0 Å². The summed E-state index contributed by atoms with van der Waals surface area (Å²) in [5.41, 5.74) is 4.00. The van der Waals surface area contributed by atoms with Gasteiger partial charge < -0.3 is 10.1 Å². The molecule has 0 aliphatic carbocycles. The molecule has 168 valence electrons. The number of anilines is 2. The molecule has 0 saturated carbocycles. The lowest BCUT2D eigenvalue weighted by atomic mass is 10.1. The van der Waals surface area contributed by atoms with Crippen molar-refractivity contribution in [3.05, 3.63) is 89.2 Å². The van der Waals surface area contributed by atoms with Crippen molar-refractivity contribution < 1.29 is 22.3 Å². The minimum absolute atomic E-state index is 0.0672. The molecule has 8 heteroatoms. The smallest absolute Gasteiger partial charge is 0.262 e. The third-order valence-electron chi connectivity index (χ3n) is 4.93. The molecule has 0 aliphatic heterocycles. The van der Waals surface area contributed by atoms with Crippen LogP contribution in [0.1, 0.15) is 16.7 Å². The van der Waals surface area contributed by atoms with Crippen LogP contribution in [0.25, 0.3) is 0 Å². The molecule has 0 aromatic heterocycles. The molecule has 32 heavy (non-hydrogen) atoms. The summed E-state index contributed by atoms with van der Waals surface area (Å²) in [6.45, 7) is 3.85.